The largest absolute Gasteiger partial charge is 0.455 e. The second-order valence-corrected chi connectivity index (χ2v) is 13.2. The molecule has 53 heavy (non-hydrogen) atoms. The Balaban J connectivity index is 1.15. The average Bonchev–Trinajstić information content (AvgIpc) is 3.64. The lowest BCUT2D eigenvalue weighted by molar-refractivity contribution is 0.670. The summed E-state index contributed by atoms with van der Waals surface area (Å²) in [6.07, 6.45) is 0. The molecule has 0 aliphatic heterocycles. The summed E-state index contributed by atoms with van der Waals surface area (Å²) in [5, 5.41) is 4.37. The Morgan fingerprint density at radius 1 is 0.283 bits per heavy atom. The molecule has 248 valence electrons. The van der Waals surface area contributed by atoms with Crippen molar-refractivity contribution in [1.29, 1.82) is 0 Å². The Kier molecular flexibility index (Phi) is 7.43. The number of hydrogen-bond acceptors (Lipinski definition) is 4. The van der Waals surface area contributed by atoms with Crippen LogP contribution in [-0.2, 0) is 0 Å². The van der Waals surface area contributed by atoms with E-state index in [4.69, 9.17) is 19.4 Å². The second-order valence-electron chi connectivity index (χ2n) is 13.2. The van der Waals surface area contributed by atoms with Crippen molar-refractivity contribution in [3.05, 3.63) is 188 Å². The molecule has 0 N–H and O–H groups in total. The lowest BCUT2D eigenvalue weighted by Gasteiger charge is -2.12. The van der Waals surface area contributed by atoms with Crippen LogP contribution in [0.15, 0.2) is 192 Å². The van der Waals surface area contributed by atoms with Gasteiger partial charge in [0.25, 0.3) is 0 Å². The van der Waals surface area contributed by atoms with Gasteiger partial charge in [-0.2, -0.15) is 0 Å². The van der Waals surface area contributed by atoms with Crippen molar-refractivity contribution < 1.29 is 4.42 Å². The van der Waals surface area contributed by atoms with Crippen LogP contribution in [0.3, 0.4) is 0 Å². The maximum atomic E-state index is 6.78. The van der Waals surface area contributed by atoms with E-state index < -0.39 is 0 Å². The Bertz CT molecular complexity index is 2920. The van der Waals surface area contributed by atoms with Crippen LogP contribution >= 0.6 is 0 Å². The highest BCUT2D eigenvalue weighted by molar-refractivity contribution is 6.17. The fourth-order valence-corrected chi connectivity index (χ4v) is 7.43. The van der Waals surface area contributed by atoms with Gasteiger partial charge >= 0.3 is 0 Å². The van der Waals surface area contributed by atoms with E-state index >= 15 is 0 Å². The molecular formula is C49H31N3O. The van der Waals surface area contributed by atoms with Gasteiger partial charge in [-0.3, -0.25) is 0 Å². The number of benzene rings is 8. The first-order chi connectivity index (χ1) is 26.3. The third-order valence-electron chi connectivity index (χ3n) is 9.98. The molecule has 0 saturated heterocycles. The number of aromatic nitrogens is 3. The molecule has 2 aromatic heterocycles. The first kappa shape index (κ1) is 30.6. The molecule has 10 aromatic rings. The maximum Gasteiger partial charge on any atom is 0.164 e. The van der Waals surface area contributed by atoms with Crippen molar-refractivity contribution >= 4 is 32.7 Å². The third kappa shape index (κ3) is 5.45. The SMILES string of the molecule is c1ccc(-c2ccc(-c3nc(-c4ccccc4)nc(-c4cccc5oc6c(-c7ccc(-c8ccccc8)c8ccccc78)cccc6c45)n3)cc2)cc1. The summed E-state index contributed by atoms with van der Waals surface area (Å²) in [6.45, 7) is 0. The van der Waals surface area contributed by atoms with Crippen molar-refractivity contribution in [3.63, 3.8) is 0 Å². The number of para-hydroxylation sites is 1. The Labute approximate surface area is 306 Å². The molecular weight excluding hydrogens is 647 g/mol. The number of rotatable bonds is 6. The van der Waals surface area contributed by atoms with E-state index in [1.807, 2.05) is 48.5 Å². The van der Waals surface area contributed by atoms with E-state index in [0.29, 0.717) is 17.5 Å². The van der Waals surface area contributed by atoms with Gasteiger partial charge in [0.05, 0.1) is 0 Å². The zero-order valence-electron chi connectivity index (χ0n) is 28.6. The summed E-state index contributed by atoms with van der Waals surface area (Å²) in [4.78, 5) is 15.2. The van der Waals surface area contributed by atoms with Gasteiger partial charge in [0.1, 0.15) is 11.2 Å². The molecule has 0 atom stereocenters. The molecule has 4 heteroatoms. The van der Waals surface area contributed by atoms with Crippen molar-refractivity contribution in [3.8, 4) is 67.5 Å². The fraction of sp³-hybridized carbons (Fsp3) is 0. The van der Waals surface area contributed by atoms with E-state index in [0.717, 1.165) is 55.3 Å². The van der Waals surface area contributed by atoms with Crippen LogP contribution in [0.2, 0.25) is 0 Å². The molecule has 0 bridgehead atoms. The molecule has 0 unspecified atom stereocenters. The Morgan fingerprint density at radius 3 is 1.45 bits per heavy atom. The highest BCUT2D eigenvalue weighted by atomic mass is 16.3. The van der Waals surface area contributed by atoms with Crippen molar-refractivity contribution in [2.45, 2.75) is 0 Å². The zero-order chi connectivity index (χ0) is 35.1. The van der Waals surface area contributed by atoms with E-state index in [1.165, 1.54) is 27.5 Å². The van der Waals surface area contributed by atoms with E-state index in [9.17, 15) is 0 Å². The number of hydrogen-bond donors (Lipinski definition) is 0. The molecule has 0 saturated carbocycles. The van der Waals surface area contributed by atoms with Gasteiger partial charge in [-0.05, 0) is 44.7 Å². The average molecular weight is 678 g/mol. The van der Waals surface area contributed by atoms with Gasteiger partial charge in [0.2, 0.25) is 0 Å². The van der Waals surface area contributed by atoms with Gasteiger partial charge in [0, 0.05) is 33.0 Å². The first-order valence-electron chi connectivity index (χ1n) is 17.8. The van der Waals surface area contributed by atoms with E-state index in [1.54, 1.807) is 0 Å². The molecule has 0 aliphatic carbocycles. The van der Waals surface area contributed by atoms with Crippen LogP contribution < -0.4 is 0 Å². The molecule has 0 fully saturated rings. The third-order valence-corrected chi connectivity index (χ3v) is 9.98. The van der Waals surface area contributed by atoms with Crippen molar-refractivity contribution in [2.24, 2.45) is 0 Å². The van der Waals surface area contributed by atoms with Gasteiger partial charge in [0.15, 0.2) is 17.5 Å². The number of fused-ring (bicyclic) bond motifs is 4. The first-order valence-corrected chi connectivity index (χ1v) is 17.8. The van der Waals surface area contributed by atoms with E-state index in [2.05, 4.69) is 140 Å². The van der Waals surface area contributed by atoms with Crippen LogP contribution in [0.4, 0.5) is 0 Å². The summed E-state index contributed by atoms with van der Waals surface area (Å²) < 4.78 is 6.78. The fourth-order valence-electron chi connectivity index (χ4n) is 7.43. The monoisotopic (exact) mass is 677 g/mol. The Hall–Kier alpha value is -7.17. The lowest BCUT2D eigenvalue weighted by atomic mass is 9.91. The van der Waals surface area contributed by atoms with Crippen LogP contribution in [0.25, 0.3) is 100 Å². The summed E-state index contributed by atoms with van der Waals surface area (Å²) in [7, 11) is 0. The summed E-state index contributed by atoms with van der Waals surface area (Å²) in [6, 6.07) is 65.1. The molecule has 0 radical (unpaired) electrons. The molecule has 8 aromatic carbocycles. The van der Waals surface area contributed by atoms with Crippen molar-refractivity contribution in [1.82, 2.24) is 15.0 Å². The number of nitrogens with zero attached hydrogens (tertiary/aromatic N) is 3. The van der Waals surface area contributed by atoms with Gasteiger partial charge in [-0.25, -0.2) is 15.0 Å². The van der Waals surface area contributed by atoms with Crippen LogP contribution in [-0.4, -0.2) is 15.0 Å². The number of furan rings is 1. The van der Waals surface area contributed by atoms with Crippen LogP contribution in [0.1, 0.15) is 0 Å². The van der Waals surface area contributed by atoms with Gasteiger partial charge in [-0.15, -0.1) is 0 Å². The highest BCUT2D eigenvalue weighted by Crippen LogP contribution is 2.43. The molecule has 10 rings (SSSR count). The van der Waals surface area contributed by atoms with Gasteiger partial charge < -0.3 is 4.42 Å². The normalized spacial score (nSPS) is 11.4. The molecule has 0 aliphatic rings. The Morgan fingerprint density at radius 2 is 0.755 bits per heavy atom. The predicted octanol–water partition coefficient (Wildman–Crippen LogP) is 12.9. The maximum absolute atomic E-state index is 6.78. The topological polar surface area (TPSA) is 51.8 Å². The predicted molar refractivity (Wildman–Crippen MR) is 217 cm³/mol. The minimum atomic E-state index is 0.595. The standard InChI is InChI=1S/C49H31N3O/c1-4-14-32(15-5-1)33-26-28-36(29-27-33)48-50-47(35-18-8-3-9-19-35)51-49(52-48)43-24-13-25-44-45(43)42-23-12-22-41(46(42)53-44)40-31-30-37(34-16-6-2-7-17-34)38-20-10-11-21-39(38)40/h1-31H. The van der Waals surface area contributed by atoms with E-state index in [-0.39, 0.29) is 0 Å². The molecule has 4 nitrogen and oxygen atoms in total. The molecule has 2 heterocycles. The summed E-state index contributed by atoms with van der Waals surface area (Å²) in [5.74, 6) is 1.83. The minimum Gasteiger partial charge on any atom is -0.455 e. The highest BCUT2D eigenvalue weighted by Gasteiger charge is 2.20. The van der Waals surface area contributed by atoms with Crippen LogP contribution in [0.5, 0.6) is 0 Å². The van der Waals surface area contributed by atoms with Gasteiger partial charge in [-0.1, -0.05) is 182 Å². The van der Waals surface area contributed by atoms with Crippen molar-refractivity contribution in [2.75, 3.05) is 0 Å². The smallest absolute Gasteiger partial charge is 0.164 e. The quantitative estimate of drug-likeness (QED) is 0.176. The summed E-state index contributed by atoms with van der Waals surface area (Å²) in [5.41, 5.74) is 11.2. The zero-order valence-corrected chi connectivity index (χ0v) is 28.6. The lowest BCUT2D eigenvalue weighted by Crippen LogP contribution is -2.00. The minimum absolute atomic E-state index is 0.595. The van der Waals surface area contributed by atoms with Crippen LogP contribution in [0, 0.1) is 0 Å². The molecule has 0 spiro atoms. The molecule has 0 amide bonds. The second kappa shape index (κ2) is 12.9. The summed E-state index contributed by atoms with van der Waals surface area (Å²) >= 11 is 0.